The SMILES string of the molecule is COc1ccc(-n2ncc(C(=O)[C@H]3CCCN3C(=O)c3cnn(C)c3C)c2N)cc1. The normalized spacial score (nSPS) is 16.1. The minimum absolute atomic E-state index is 0.183. The molecule has 0 unspecified atom stereocenters. The van der Waals surface area contributed by atoms with Gasteiger partial charge in [-0.3, -0.25) is 14.3 Å². The highest BCUT2D eigenvalue weighted by Gasteiger charge is 2.37. The molecule has 4 rings (SSSR count). The summed E-state index contributed by atoms with van der Waals surface area (Å²) in [5.41, 5.74) is 8.59. The number of rotatable bonds is 5. The minimum atomic E-state index is -0.562. The average molecular weight is 408 g/mol. The first-order valence-electron chi connectivity index (χ1n) is 9.74. The van der Waals surface area contributed by atoms with Gasteiger partial charge < -0.3 is 15.4 Å². The molecule has 0 saturated carbocycles. The van der Waals surface area contributed by atoms with Gasteiger partial charge in [-0.15, -0.1) is 0 Å². The molecule has 1 atom stereocenters. The van der Waals surface area contributed by atoms with Crippen LogP contribution in [0.2, 0.25) is 0 Å². The first kappa shape index (κ1) is 19.7. The van der Waals surface area contributed by atoms with Crippen LogP contribution < -0.4 is 10.5 Å². The topological polar surface area (TPSA) is 108 Å². The van der Waals surface area contributed by atoms with Crippen molar-refractivity contribution in [2.75, 3.05) is 19.4 Å². The van der Waals surface area contributed by atoms with Crippen LogP contribution in [0.3, 0.4) is 0 Å². The summed E-state index contributed by atoms with van der Waals surface area (Å²) >= 11 is 0. The number of methoxy groups -OCH3 is 1. The number of aromatic nitrogens is 4. The summed E-state index contributed by atoms with van der Waals surface area (Å²) in [5.74, 6) is 0.589. The zero-order valence-electron chi connectivity index (χ0n) is 17.2. The van der Waals surface area contributed by atoms with Crippen LogP contribution in [-0.4, -0.2) is 55.8 Å². The summed E-state index contributed by atoms with van der Waals surface area (Å²) in [6.07, 6.45) is 4.37. The summed E-state index contributed by atoms with van der Waals surface area (Å²) in [6.45, 7) is 2.36. The zero-order valence-corrected chi connectivity index (χ0v) is 17.2. The Bertz CT molecular complexity index is 1100. The number of likely N-dealkylation sites (tertiary alicyclic amines) is 1. The van der Waals surface area contributed by atoms with Crippen molar-refractivity contribution in [2.45, 2.75) is 25.8 Å². The van der Waals surface area contributed by atoms with Crippen LogP contribution in [0.15, 0.2) is 36.7 Å². The van der Waals surface area contributed by atoms with Crippen molar-refractivity contribution >= 4 is 17.5 Å². The number of amides is 1. The third-order valence-electron chi connectivity index (χ3n) is 5.67. The Labute approximate surface area is 174 Å². The zero-order chi connectivity index (χ0) is 21.4. The van der Waals surface area contributed by atoms with Crippen LogP contribution in [0.25, 0.3) is 5.69 Å². The lowest BCUT2D eigenvalue weighted by Gasteiger charge is -2.23. The van der Waals surface area contributed by atoms with Crippen molar-refractivity contribution in [3.63, 3.8) is 0 Å². The molecule has 9 nitrogen and oxygen atoms in total. The first-order chi connectivity index (χ1) is 14.4. The van der Waals surface area contributed by atoms with Gasteiger partial charge in [0.25, 0.3) is 5.91 Å². The van der Waals surface area contributed by atoms with E-state index in [-0.39, 0.29) is 17.5 Å². The molecule has 1 aliphatic rings. The third kappa shape index (κ3) is 3.22. The highest BCUT2D eigenvalue weighted by atomic mass is 16.5. The molecule has 9 heteroatoms. The Balaban J connectivity index is 1.60. The van der Waals surface area contributed by atoms with E-state index in [9.17, 15) is 9.59 Å². The molecular formula is C21H24N6O3. The van der Waals surface area contributed by atoms with Crippen molar-refractivity contribution in [2.24, 2.45) is 7.05 Å². The van der Waals surface area contributed by atoms with E-state index in [2.05, 4.69) is 10.2 Å². The number of carbonyl (C=O) groups is 2. The van der Waals surface area contributed by atoms with Gasteiger partial charge in [-0.1, -0.05) is 0 Å². The summed E-state index contributed by atoms with van der Waals surface area (Å²) in [5, 5.41) is 8.43. The maximum Gasteiger partial charge on any atom is 0.257 e. The Kier molecular flexibility index (Phi) is 5.03. The molecule has 30 heavy (non-hydrogen) atoms. The highest BCUT2D eigenvalue weighted by Crippen LogP contribution is 2.27. The maximum absolute atomic E-state index is 13.3. The molecule has 3 aromatic rings. The Morgan fingerprint density at radius 3 is 2.47 bits per heavy atom. The van der Waals surface area contributed by atoms with E-state index < -0.39 is 6.04 Å². The number of carbonyl (C=O) groups excluding carboxylic acids is 2. The highest BCUT2D eigenvalue weighted by molar-refractivity contribution is 6.07. The van der Waals surface area contributed by atoms with Crippen LogP contribution in [0.4, 0.5) is 5.82 Å². The number of anilines is 1. The van der Waals surface area contributed by atoms with Gasteiger partial charge in [-0.2, -0.15) is 10.2 Å². The third-order valence-corrected chi connectivity index (χ3v) is 5.67. The number of benzene rings is 1. The number of ketones is 1. The second-order valence-corrected chi connectivity index (χ2v) is 7.34. The van der Waals surface area contributed by atoms with Crippen molar-refractivity contribution in [3.05, 3.63) is 53.5 Å². The molecule has 0 aliphatic carbocycles. The lowest BCUT2D eigenvalue weighted by Crippen LogP contribution is -2.40. The van der Waals surface area contributed by atoms with Gasteiger partial charge in [-0.05, 0) is 44.0 Å². The molecule has 1 fully saturated rings. The lowest BCUT2D eigenvalue weighted by molar-refractivity contribution is 0.0671. The molecule has 3 heterocycles. The fourth-order valence-electron chi connectivity index (χ4n) is 3.80. The summed E-state index contributed by atoms with van der Waals surface area (Å²) in [6, 6.07) is 6.66. The molecule has 1 saturated heterocycles. The van der Waals surface area contributed by atoms with E-state index in [0.29, 0.717) is 29.8 Å². The predicted molar refractivity (Wildman–Crippen MR) is 111 cm³/mol. The van der Waals surface area contributed by atoms with Gasteiger partial charge >= 0.3 is 0 Å². The van der Waals surface area contributed by atoms with Gasteiger partial charge in [0, 0.05) is 19.3 Å². The van der Waals surface area contributed by atoms with Gasteiger partial charge in [-0.25, -0.2) is 4.68 Å². The molecule has 0 radical (unpaired) electrons. The standard InChI is InChI=1S/C21H24N6O3/c1-13-16(11-23-25(13)2)21(29)26-10-4-5-18(26)19(28)17-12-24-27(20(17)22)14-6-8-15(30-3)9-7-14/h6-9,11-12,18H,4-5,10,22H2,1-3H3/t18-/m1/s1. The van der Waals surface area contributed by atoms with Crippen LogP contribution >= 0.6 is 0 Å². The smallest absolute Gasteiger partial charge is 0.257 e. The predicted octanol–water partition coefficient (Wildman–Crippen LogP) is 1.99. The number of nitrogens with zero attached hydrogens (tertiary/aromatic N) is 5. The van der Waals surface area contributed by atoms with Crippen molar-refractivity contribution < 1.29 is 14.3 Å². The Hall–Kier alpha value is -3.62. The molecule has 156 valence electrons. The number of nitrogens with two attached hydrogens (primary N) is 1. The monoisotopic (exact) mass is 408 g/mol. The van der Waals surface area contributed by atoms with Gasteiger partial charge in [0.15, 0.2) is 5.78 Å². The molecule has 0 spiro atoms. The van der Waals surface area contributed by atoms with Crippen molar-refractivity contribution in [1.82, 2.24) is 24.5 Å². The van der Waals surface area contributed by atoms with E-state index >= 15 is 0 Å². The van der Waals surface area contributed by atoms with Gasteiger partial charge in [0.2, 0.25) is 0 Å². The van der Waals surface area contributed by atoms with E-state index in [1.807, 2.05) is 19.1 Å². The van der Waals surface area contributed by atoms with Gasteiger partial charge in [0.05, 0.1) is 42.4 Å². The molecule has 1 aliphatic heterocycles. The first-order valence-corrected chi connectivity index (χ1v) is 9.74. The Morgan fingerprint density at radius 1 is 1.13 bits per heavy atom. The number of hydrogen-bond donors (Lipinski definition) is 1. The van der Waals surface area contributed by atoms with E-state index in [1.54, 1.807) is 42.1 Å². The van der Waals surface area contributed by atoms with E-state index in [4.69, 9.17) is 10.5 Å². The minimum Gasteiger partial charge on any atom is -0.497 e. The number of ether oxygens (including phenoxy) is 1. The largest absolute Gasteiger partial charge is 0.497 e. The second kappa shape index (κ2) is 7.66. The summed E-state index contributed by atoms with van der Waals surface area (Å²) in [7, 11) is 3.38. The molecule has 2 N–H and O–H groups in total. The number of aryl methyl sites for hydroxylation is 1. The molecule has 1 amide bonds. The summed E-state index contributed by atoms with van der Waals surface area (Å²) < 4.78 is 8.33. The average Bonchev–Trinajstić information content (AvgIpc) is 3.47. The van der Waals surface area contributed by atoms with Gasteiger partial charge in [0.1, 0.15) is 11.6 Å². The van der Waals surface area contributed by atoms with Crippen molar-refractivity contribution in [1.29, 1.82) is 0 Å². The number of hydrogen-bond acceptors (Lipinski definition) is 6. The molecule has 2 aromatic heterocycles. The fourth-order valence-corrected chi connectivity index (χ4v) is 3.80. The molecular weight excluding hydrogens is 384 g/mol. The Morgan fingerprint density at radius 2 is 1.83 bits per heavy atom. The molecule has 1 aromatic carbocycles. The second-order valence-electron chi connectivity index (χ2n) is 7.34. The lowest BCUT2D eigenvalue weighted by atomic mass is 10.0. The fraction of sp³-hybridized carbons (Fsp3) is 0.333. The van der Waals surface area contributed by atoms with E-state index in [0.717, 1.165) is 17.8 Å². The van der Waals surface area contributed by atoms with Crippen LogP contribution in [0.1, 0.15) is 39.3 Å². The van der Waals surface area contributed by atoms with Crippen LogP contribution in [0.5, 0.6) is 5.75 Å². The van der Waals surface area contributed by atoms with Crippen LogP contribution in [-0.2, 0) is 7.05 Å². The maximum atomic E-state index is 13.3. The molecule has 0 bridgehead atoms. The van der Waals surface area contributed by atoms with Crippen LogP contribution in [0, 0.1) is 6.92 Å². The summed E-state index contributed by atoms with van der Waals surface area (Å²) in [4.78, 5) is 28.0. The quantitative estimate of drug-likeness (QED) is 0.647. The number of nitrogen functional groups attached to an aromatic ring is 1. The number of Topliss-reactive ketones (excluding diaryl/α,β-unsaturated/α-hetero) is 1. The van der Waals surface area contributed by atoms with E-state index in [1.165, 1.54) is 10.9 Å². The van der Waals surface area contributed by atoms with Crippen molar-refractivity contribution in [3.8, 4) is 11.4 Å².